The summed E-state index contributed by atoms with van der Waals surface area (Å²) in [5, 5.41) is 2.52. The van der Waals surface area contributed by atoms with Gasteiger partial charge in [-0.05, 0) is 32.1 Å². The SMILES string of the molecule is CCC1CCCC(OC(=O)c2csc(C(C)N)n2)C1. The lowest BCUT2D eigenvalue weighted by molar-refractivity contribution is 0.0134. The van der Waals surface area contributed by atoms with Crippen LogP contribution in [0, 0.1) is 5.92 Å². The van der Waals surface area contributed by atoms with Gasteiger partial charge in [0.25, 0.3) is 0 Å². The second-order valence-corrected chi connectivity index (χ2v) is 6.22. The van der Waals surface area contributed by atoms with E-state index < -0.39 is 0 Å². The normalized spacial score (nSPS) is 25.0. The predicted molar refractivity (Wildman–Crippen MR) is 76.2 cm³/mol. The highest BCUT2D eigenvalue weighted by Gasteiger charge is 2.25. The summed E-state index contributed by atoms with van der Waals surface area (Å²) in [4.78, 5) is 16.3. The highest BCUT2D eigenvalue weighted by Crippen LogP contribution is 2.29. The number of ether oxygens (including phenoxy) is 1. The average molecular weight is 282 g/mol. The van der Waals surface area contributed by atoms with Gasteiger partial charge in [0.15, 0.2) is 5.69 Å². The zero-order chi connectivity index (χ0) is 13.8. The highest BCUT2D eigenvalue weighted by molar-refractivity contribution is 7.09. The van der Waals surface area contributed by atoms with E-state index in [0.717, 1.165) is 24.3 Å². The Morgan fingerprint density at radius 3 is 3.05 bits per heavy atom. The zero-order valence-electron chi connectivity index (χ0n) is 11.6. The summed E-state index contributed by atoms with van der Waals surface area (Å²) in [6.07, 6.45) is 5.61. The minimum absolute atomic E-state index is 0.0617. The van der Waals surface area contributed by atoms with Crippen molar-refractivity contribution in [1.82, 2.24) is 4.98 Å². The molecule has 0 spiro atoms. The van der Waals surface area contributed by atoms with E-state index in [0.29, 0.717) is 11.6 Å². The van der Waals surface area contributed by atoms with Crippen LogP contribution in [0.3, 0.4) is 0 Å². The van der Waals surface area contributed by atoms with Gasteiger partial charge in [0.2, 0.25) is 0 Å². The fourth-order valence-electron chi connectivity index (χ4n) is 2.52. The summed E-state index contributed by atoms with van der Waals surface area (Å²) in [6, 6.07) is -0.134. The van der Waals surface area contributed by atoms with Gasteiger partial charge >= 0.3 is 5.97 Å². The summed E-state index contributed by atoms with van der Waals surface area (Å²) in [6.45, 7) is 4.06. The number of nitrogens with zero attached hydrogens (tertiary/aromatic N) is 1. The number of esters is 1. The van der Waals surface area contributed by atoms with Crippen molar-refractivity contribution in [3.8, 4) is 0 Å². The number of thiazole rings is 1. The van der Waals surface area contributed by atoms with E-state index in [-0.39, 0.29) is 18.1 Å². The van der Waals surface area contributed by atoms with Crippen molar-refractivity contribution in [3.63, 3.8) is 0 Å². The van der Waals surface area contributed by atoms with Crippen LogP contribution < -0.4 is 5.73 Å². The Morgan fingerprint density at radius 1 is 1.63 bits per heavy atom. The molecule has 2 N–H and O–H groups in total. The average Bonchev–Trinajstić information content (AvgIpc) is 2.89. The first-order chi connectivity index (χ1) is 9.10. The van der Waals surface area contributed by atoms with Crippen LogP contribution in [0.5, 0.6) is 0 Å². The highest BCUT2D eigenvalue weighted by atomic mass is 32.1. The Kier molecular flexibility index (Phi) is 4.93. The van der Waals surface area contributed by atoms with Crippen LogP contribution in [0.15, 0.2) is 5.38 Å². The number of carbonyl (C=O) groups excluding carboxylic acids is 1. The fraction of sp³-hybridized carbons (Fsp3) is 0.714. The van der Waals surface area contributed by atoms with Crippen LogP contribution in [-0.2, 0) is 4.74 Å². The fourth-order valence-corrected chi connectivity index (χ4v) is 3.27. The molecule has 106 valence electrons. The standard InChI is InChI=1S/C14H22N2O2S/c1-3-10-5-4-6-11(7-10)18-14(17)12-8-19-13(16-12)9(2)15/h8-11H,3-7,15H2,1-2H3. The Morgan fingerprint density at radius 2 is 2.42 bits per heavy atom. The first-order valence-corrected chi connectivity index (χ1v) is 7.90. The number of aromatic nitrogens is 1. The van der Waals surface area contributed by atoms with E-state index in [1.54, 1.807) is 5.38 Å². The van der Waals surface area contributed by atoms with E-state index in [1.165, 1.54) is 24.2 Å². The van der Waals surface area contributed by atoms with Gasteiger partial charge in [-0.15, -0.1) is 11.3 Å². The van der Waals surface area contributed by atoms with Crippen LogP contribution >= 0.6 is 11.3 Å². The van der Waals surface area contributed by atoms with E-state index in [1.807, 2.05) is 6.92 Å². The van der Waals surface area contributed by atoms with Gasteiger partial charge in [0, 0.05) is 5.38 Å². The maximum absolute atomic E-state index is 12.0. The molecule has 0 aromatic carbocycles. The third-order valence-corrected chi connectivity index (χ3v) is 4.75. The van der Waals surface area contributed by atoms with Gasteiger partial charge in [-0.3, -0.25) is 0 Å². The predicted octanol–water partition coefficient (Wildman–Crippen LogP) is 3.29. The lowest BCUT2D eigenvalue weighted by Gasteiger charge is -2.27. The van der Waals surface area contributed by atoms with Gasteiger partial charge < -0.3 is 10.5 Å². The second kappa shape index (κ2) is 6.48. The van der Waals surface area contributed by atoms with Crippen LogP contribution in [0.25, 0.3) is 0 Å². The van der Waals surface area contributed by atoms with Crippen LogP contribution in [-0.4, -0.2) is 17.1 Å². The number of carbonyl (C=O) groups is 1. The largest absolute Gasteiger partial charge is 0.458 e. The van der Waals surface area contributed by atoms with Crippen molar-refractivity contribution < 1.29 is 9.53 Å². The molecule has 1 fully saturated rings. The Labute approximate surface area is 118 Å². The van der Waals surface area contributed by atoms with Crippen LogP contribution in [0.4, 0.5) is 0 Å². The first-order valence-electron chi connectivity index (χ1n) is 7.02. The molecule has 1 aromatic heterocycles. The molecule has 3 atom stereocenters. The topological polar surface area (TPSA) is 65.2 Å². The molecular formula is C14H22N2O2S. The summed E-state index contributed by atoms with van der Waals surface area (Å²) in [5.41, 5.74) is 6.14. The molecule has 19 heavy (non-hydrogen) atoms. The maximum Gasteiger partial charge on any atom is 0.358 e. The summed E-state index contributed by atoms with van der Waals surface area (Å²) in [5.74, 6) is 0.395. The van der Waals surface area contributed by atoms with Crippen LogP contribution in [0.1, 0.15) is 67.5 Å². The van der Waals surface area contributed by atoms with E-state index in [9.17, 15) is 4.79 Å². The Bertz CT molecular complexity index is 431. The molecular weight excluding hydrogens is 260 g/mol. The van der Waals surface area contributed by atoms with Gasteiger partial charge in [-0.25, -0.2) is 9.78 Å². The van der Waals surface area contributed by atoms with Gasteiger partial charge in [-0.1, -0.05) is 19.8 Å². The number of hydrogen-bond donors (Lipinski definition) is 1. The van der Waals surface area contributed by atoms with Crippen LogP contribution in [0.2, 0.25) is 0 Å². The van der Waals surface area contributed by atoms with Crippen molar-refractivity contribution in [1.29, 1.82) is 0 Å². The minimum atomic E-state index is -0.301. The van der Waals surface area contributed by atoms with Gasteiger partial charge in [-0.2, -0.15) is 0 Å². The van der Waals surface area contributed by atoms with Crippen molar-refractivity contribution in [2.75, 3.05) is 0 Å². The molecule has 2 rings (SSSR count). The second-order valence-electron chi connectivity index (χ2n) is 5.33. The van der Waals surface area contributed by atoms with Crippen molar-refractivity contribution >= 4 is 17.3 Å². The Hall–Kier alpha value is -0.940. The monoisotopic (exact) mass is 282 g/mol. The number of rotatable bonds is 4. The molecule has 1 saturated carbocycles. The summed E-state index contributed by atoms with van der Waals surface area (Å²) < 4.78 is 5.57. The molecule has 0 saturated heterocycles. The zero-order valence-corrected chi connectivity index (χ0v) is 12.4. The molecule has 5 heteroatoms. The molecule has 3 unspecified atom stereocenters. The van der Waals surface area contributed by atoms with E-state index >= 15 is 0 Å². The third-order valence-electron chi connectivity index (χ3n) is 3.71. The smallest absolute Gasteiger partial charge is 0.358 e. The van der Waals surface area contributed by atoms with Gasteiger partial charge in [0.05, 0.1) is 6.04 Å². The lowest BCUT2D eigenvalue weighted by Crippen LogP contribution is -2.25. The molecule has 1 aromatic rings. The number of hydrogen-bond acceptors (Lipinski definition) is 5. The Balaban J connectivity index is 1.92. The van der Waals surface area contributed by atoms with Crippen molar-refractivity contribution in [2.24, 2.45) is 11.7 Å². The van der Waals surface area contributed by atoms with E-state index in [4.69, 9.17) is 10.5 Å². The molecule has 0 amide bonds. The molecule has 1 aliphatic rings. The molecule has 1 aliphatic carbocycles. The van der Waals surface area contributed by atoms with Crippen molar-refractivity contribution in [3.05, 3.63) is 16.1 Å². The number of nitrogens with two attached hydrogens (primary N) is 1. The molecule has 0 aliphatic heterocycles. The molecule has 1 heterocycles. The first kappa shape index (κ1) is 14.5. The minimum Gasteiger partial charge on any atom is -0.458 e. The molecule has 4 nitrogen and oxygen atoms in total. The third kappa shape index (κ3) is 3.76. The quantitative estimate of drug-likeness (QED) is 0.861. The molecule has 0 bridgehead atoms. The maximum atomic E-state index is 12.0. The summed E-state index contributed by atoms with van der Waals surface area (Å²) in [7, 11) is 0. The van der Waals surface area contributed by atoms with Crippen molar-refractivity contribution in [2.45, 2.75) is 58.1 Å². The molecule has 0 radical (unpaired) electrons. The van der Waals surface area contributed by atoms with E-state index in [2.05, 4.69) is 11.9 Å². The lowest BCUT2D eigenvalue weighted by atomic mass is 9.85. The summed E-state index contributed by atoms with van der Waals surface area (Å²) >= 11 is 1.42. The van der Waals surface area contributed by atoms with Gasteiger partial charge in [0.1, 0.15) is 11.1 Å².